The Bertz CT molecular complexity index is 588. The fraction of sp³-hybridized carbons (Fsp3) is 0.789. The third kappa shape index (κ3) is 3.51. The van der Waals surface area contributed by atoms with Gasteiger partial charge in [-0.3, -0.25) is 14.8 Å². The molecule has 0 bridgehead atoms. The third-order valence-corrected chi connectivity index (χ3v) is 5.83. The molecule has 4 rings (SSSR count). The van der Waals surface area contributed by atoms with Gasteiger partial charge in [0.05, 0.1) is 0 Å². The van der Waals surface area contributed by atoms with Gasteiger partial charge >= 0.3 is 0 Å². The van der Waals surface area contributed by atoms with Crippen molar-refractivity contribution in [3.05, 3.63) is 17.5 Å². The molecule has 1 amide bonds. The summed E-state index contributed by atoms with van der Waals surface area (Å²) < 4.78 is 0. The first-order valence-corrected chi connectivity index (χ1v) is 9.70. The van der Waals surface area contributed by atoms with Gasteiger partial charge in [0.15, 0.2) is 0 Å². The second kappa shape index (κ2) is 6.51. The van der Waals surface area contributed by atoms with Gasteiger partial charge in [-0.1, -0.05) is 13.8 Å². The maximum Gasteiger partial charge on any atom is 0.274 e. The minimum Gasteiger partial charge on any atom is -0.336 e. The molecule has 1 saturated heterocycles. The van der Waals surface area contributed by atoms with Gasteiger partial charge in [-0.2, -0.15) is 5.10 Å². The minimum absolute atomic E-state index is 0.108. The number of aromatic nitrogens is 2. The number of H-pyrrole nitrogens is 1. The summed E-state index contributed by atoms with van der Waals surface area (Å²) in [5, 5.41) is 7.37. The van der Waals surface area contributed by atoms with Crippen molar-refractivity contribution < 1.29 is 4.79 Å². The van der Waals surface area contributed by atoms with Crippen LogP contribution >= 0.6 is 0 Å². The van der Waals surface area contributed by atoms with Crippen molar-refractivity contribution in [1.82, 2.24) is 20.0 Å². The maximum atomic E-state index is 12.9. The lowest BCUT2D eigenvalue weighted by Gasteiger charge is -2.34. The normalized spacial score (nSPS) is 26.0. The summed E-state index contributed by atoms with van der Waals surface area (Å²) >= 11 is 0. The van der Waals surface area contributed by atoms with Crippen LogP contribution in [0.25, 0.3) is 0 Å². The van der Waals surface area contributed by atoms with Crippen molar-refractivity contribution in [3.63, 3.8) is 0 Å². The van der Waals surface area contributed by atoms with E-state index in [-0.39, 0.29) is 5.91 Å². The Labute approximate surface area is 144 Å². The van der Waals surface area contributed by atoms with E-state index in [1.807, 2.05) is 11.0 Å². The van der Waals surface area contributed by atoms with Gasteiger partial charge in [-0.25, -0.2) is 0 Å². The summed E-state index contributed by atoms with van der Waals surface area (Å²) in [6.45, 7) is 8.62. The van der Waals surface area contributed by atoms with Crippen LogP contribution < -0.4 is 0 Å². The summed E-state index contributed by atoms with van der Waals surface area (Å²) in [6.07, 6.45) is 6.31. The molecule has 1 aliphatic heterocycles. The molecule has 5 heteroatoms. The number of hydrogen-bond donors (Lipinski definition) is 1. The van der Waals surface area contributed by atoms with Crippen LogP contribution in [0, 0.1) is 11.8 Å². The van der Waals surface area contributed by atoms with Crippen LogP contribution in [0.1, 0.15) is 68.1 Å². The fourth-order valence-electron chi connectivity index (χ4n) is 3.95. The van der Waals surface area contributed by atoms with E-state index < -0.39 is 0 Å². The first kappa shape index (κ1) is 16.1. The SMILES string of the molecule is CC(C)C1CN(C(=O)c2cc(C3CC3)[nH]n2)CCCN1CC1CC1. The number of amides is 1. The van der Waals surface area contributed by atoms with Gasteiger partial charge < -0.3 is 4.90 Å². The van der Waals surface area contributed by atoms with Gasteiger partial charge in [-0.15, -0.1) is 0 Å². The van der Waals surface area contributed by atoms with Crippen LogP contribution in [0.2, 0.25) is 0 Å². The molecule has 2 heterocycles. The zero-order valence-electron chi connectivity index (χ0n) is 15.0. The molecule has 1 N–H and O–H groups in total. The average Bonchev–Trinajstić information content (AvgIpc) is 3.47. The van der Waals surface area contributed by atoms with E-state index in [2.05, 4.69) is 28.9 Å². The molecule has 5 nitrogen and oxygen atoms in total. The van der Waals surface area contributed by atoms with E-state index in [1.54, 1.807) is 0 Å². The Morgan fingerprint density at radius 3 is 2.75 bits per heavy atom. The molecule has 132 valence electrons. The molecule has 0 spiro atoms. The van der Waals surface area contributed by atoms with Crippen molar-refractivity contribution in [2.24, 2.45) is 11.8 Å². The maximum absolute atomic E-state index is 12.9. The number of nitrogens with zero attached hydrogens (tertiary/aromatic N) is 3. The van der Waals surface area contributed by atoms with Gasteiger partial charge in [0.1, 0.15) is 5.69 Å². The van der Waals surface area contributed by atoms with Crippen molar-refractivity contribution >= 4 is 5.91 Å². The lowest BCUT2D eigenvalue weighted by atomic mass is 10.0. The highest BCUT2D eigenvalue weighted by molar-refractivity contribution is 5.92. The molecular weight excluding hydrogens is 300 g/mol. The second-order valence-corrected chi connectivity index (χ2v) is 8.34. The average molecular weight is 330 g/mol. The van der Waals surface area contributed by atoms with Crippen LogP contribution in [-0.4, -0.2) is 58.1 Å². The van der Waals surface area contributed by atoms with Crippen LogP contribution in [0.4, 0.5) is 0 Å². The molecule has 1 atom stereocenters. The van der Waals surface area contributed by atoms with E-state index in [0.29, 0.717) is 23.6 Å². The standard InChI is InChI=1S/C19H30N4O/c1-13(2)18-12-23(9-3-8-22(18)11-14-4-5-14)19(24)17-10-16(20-21-17)15-6-7-15/h10,13-15,18H,3-9,11-12H2,1-2H3,(H,20,21). The third-order valence-electron chi connectivity index (χ3n) is 5.83. The number of hydrogen-bond acceptors (Lipinski definition) is 3. The highest BCUT2D eigenvalue weighted by Crippen LogP contribution is 2.39. The number of carbonyl (C=O) groups is 1. The van der Waals surface area contributed by atoms with E-state index in [1.165, 1.54) is 32.2 Å². The summed E-state index contributed by atoms with van der Waals surface area (Å²) in [7, 11) is 0. The molecule has 3 fully saturated rings. The summed E-state index contributed by atoms with van der Waals surface area (Å²) in [5.41, 5.74) is 1.75. The van der Waals surface area contributed by atoms with E-state index in [9.17, 15) is 4.79 Å². The quantitative estimate of drug-likeness (QED) is 0.903. The van der Waals surface area contributed by atoms with Crippen LogP contribution in [-0.2, 0) is 0 Å². The Kier molecular flexibility index (Phi) is 4.37. The molecule has 0 radical (unpaired) electrons. The summed E-state index contributed by atoms with van der Waals surface area (Å²) in [6, 6.07) is 2.45. The van der Waals surface area contributed by atoms with Crippen molar-refractivity contribution in [2.75, 3.05) is 26.2 Å². The van der Waals surface area contributed by atoms with Crippen molar-refractivity contribution in [2.45, 2.75) is 57.9 Å². The van der Waals surface area contributed by atoms with Crippen molar-refractivity contribution in [3.8, 4) is 0 Å². The van der Waals surface area contributed by atoms with Crippen molar-refractivity contribution in [1.29, 1.82) is 0 Å². The zero-order chi connectivity index (χ0) is 16.7. The first-order valence-electron chi connectivity index (χ1n) is 9.70. The van der Waals surface area contributed by atoms with Gasteiger partial charge in [0.25, 0.3) is 5.91 Å². The Morgan fingerprint density at radius 1 is 1.29 bits per heavy atom. The predicted molar refractivity (Wildman–Crippen MR) is 94.0 cm³/mol. The lowest BCUT2D eigenvalue weighted by Crippen LogP contribution is -2.46. The van der Waals surface area contributed by atoms with Gasteiger partial charge in [-0.05, 0) is 50.0 Å². The smallest absolute Gasteiger partial charge is 0.274 e. The predicted octanol–water partition coefficient (Wildman–Crippen LogP) is 2.87. The first-order chi connectivity index (χ1) is 11.6. The minimum atomic E-state index is 0.108. The number of nitrogens with one attached hydrogen (secondary N) is 1. The van der Waals surface area contributed by atoms with E-state index >= 15 is 0 Å². The Balaban J connectivity index is 1.46. The van der Waals surface area contributed by atoms with Gasteiger partial charge in [0.2, 0.25) is 0 Å². The summed E-state index contributed by atoms with van der Waals surface area (Å²) in [4.78, 5) is 17.6. The number of aromatic amines is 1. The molecule has 2 saturated carbocycles. The highest BCUT2D eigenvalue weighted by Gasteiger charge is 2.34. The van der Waals surface area contributed by atoms with Crippen LogP contribution in [0.5, 0.6) is 0 Å². The molecule has 1 aromatic heterocycles. The Hall–Kier alpha value is -1.36. The monoisotopic (exact) mass is 330 g/mol. The number of carbonyl (C=O) groups excluding carboxylic acids is 1. The van der Waals surface area contributed by atoms with Crippen LogP contribution in [0.15, 0.2) is 6.07 Å². The molecule has 2 aliphatic carbocycles. The molecule has 24 heavy (non-hydrogen) atoms. The topological polar surface area (TPSA) is 52.2 Å². The van der Waals surface area contributed by atoms with Gasteiger partial charge in [0, 0.05) is 43.8 Å². The lowest BCUT2D eigenvalue weighted by molar-refractivity contribution is 0.0698. The van der Waals surface area contributed by atoms with E-state index in [0.717, 1.165) is 37.7 Å². The zero-order valence-corrected chi connectivity index (χ0v) is 15.0. The molecule has 1 unspecified atom stereocenters. The summed E-state index contributed by atoms with van der Waals surface area (Å²) in [5.74, 6) is 2.19. The van der Waals surface area contributed by atoms with Crippen LogP contribution in [0.3, 0.4) is 0 Å². The Morgan fingerprint density at radius 2 is 2.08 bits per heavy atom. The second-order valence-electron chi connectivity index (χ2n) is 8.34. The van der Waals surface area contributed by atoms with E-state index in [4.69, 9.17) is 0 Å². The highest BCUT2D eigenvalue weighted by atomic mass is 16.2. The fourth-order valence-corrected chi connectivity index (χ4v) is 3.95. The largest absolute Gasteiger partial charge is 0.336 e. The molecule has 0 aromatic carbocycles. The molecular formula is C19H30N4O. The molecule has 1 aromatic rings. The number of rotatable bonds is 5. The molecule has 3 aliphatic rings.